The van der Waals surface area contributed by atoms with Gasteiger partial charge in [-0.25, -0.2) is 0 Å². The average molecular weight is 266 g/mol. The van der Waals surface area contributed by atoms with Crippen LogP contribution < -0.4 is 5.32 Å². The van der Waals surface area contributed by atoms with Crippen LogP contribution in [-0.4, -0.2) is 34.1 Å². The third kappa shape index (κ3) is 2.72. The molecule has 100 valence electrons. The van der Waals surface area contributed by atoms with Crippen LogP contribution in [0.1, 0.15) is 50.4 Å². The van der Waals surface area contributed by atoms with Gasteiger partial charge in [-0.1, -0.05) is 18.7 Å². The van der Waals surface area contributed by atoms with E-state index in [1.54, 1.807) is 0 Å². The summed E-state index contributed by atoms with van der Waals surface area (Å²) in [5.74, 6) is 3.77. The van der Waals surface area contributed by atoms with E-state index in [2.05, 4.69) is 27.0 Å². The first-order valence-electron chi connectivity index (χ1n) is 7.01. The Labute approximate surface area is 113 Å². The standard InChI is InChI=1S/C13H22N4S/c1-9(7-14-2)8-18-13-16-15-12(10-3-4-10)17(13)11-5-6-11/h9-11,14H,3-8H2,1-2H3. The lowest BCUT2D eigenvalue weighted by Gasteiger charge is -2.11. The van der Waals surface area contributed by atoms with Crippen molar-refractivity contribution < 1.29 is 0 Å². The minimum Gasteiger partial charge on any atom is -0.319 e. The maximum atomic E-state index is 4.44. The lowest BCUT2D eigenvalue weighted by molar-refractivity contribution is 0.597. The maximum absolute atomic E-state index is 4.44. The van der Waals surface area contributed by atoms with Crippen LogP contribution in [-0.2, 0) is 0 Å². The fraction of sp³-hybridized carbons (Fsp3) is 0.846. The van der Waals surface area contributed by atoms with Crippen molar-refractivity contribution in [2.75, 3.05) is 19.3 Å². The molecule has 0 amide bonds. The Kier molecular flexibility index (Phi) is 3.61. The average Bonchev–Trinajstić information content (AvgIpc) is 3.25. The van der Waals surface area contributed by atoms with Gasteiger partial charge in [-0.15, -0.1) is 10.2 Å². The van der Waals surface area contributed by atoms with Crippen molar-refractivity contribution in [2.45, 2.75) is 49.7 Å². The second-order valence-corrected chi connectivity index (χ2v) is 6.68. The first-order valence-corrected chi connectivity index (χ1v) is 8.00. The summed E-state index contributed by atoms with van der Waals surface area (Å²) >= 11 is 1.88. The summed E-state index contributed by atoms with van der Waals surface area (Å²) in [6, 6.07) is 0.706. The van der Waals surface area contributed by atoms with E-state index in [0.717, 1.165) is 17.5 Å². The summed E-state index contributed by atoms with van der Waals surface area (Å²) in [4.78, 5) is 0. The van der Waals surface area contributed by atoms with Gasteiger partial charge in [0.25, 0.3) is 0 Å². The van der Waals surface area contributed by atoms with Gasteiger partial charge in [0.15, 0.2) is 5.16 Å². The summed E-state index contributed by atoms with van der Waals surface area (Å²) in [7, 11) is 2.01. The van der Waals surface area contributed by atoms with E-state index in [0.29, 0.717) is 17.9 Å². The summed E-state index contributed by atoms with van der Waals surface area (Å²) in [5.41, 5.74) is 0. The first-order chi connectivity index (χ1) is 8.79. The summed E-state index contributed by atoms with van der Waals surface area (Å²) < 4.78 is 2.44. The van der Waals surface area contributed by atoms with Crippen LogP contribution in [0.5, 0.6) is 0 Å². The molecule has 2 aliphatic rings. The van der Waals surface area contributed by atoms with Gasteiger partial charge in [0.05, 0.1) is 0 Å². The summed E-state index contributed by atoms with van der Waals surface area (Å²) in [5, 5.41) is 13.3. The molecule has 1 aromatic rings. The van der Waals surface area contributed by atoms with Crippen LogP contribution in [0.2, 0.25) is 0 Å². The molecule has 2 fully saturated rings. The molecule has 0 saturated heterocycles. The monoisotopic (exact) mass is 266 g/mol. The quantitative estimate of drug-likeness (QED) is 0.770. The van der Waals surface area contributed by atoms with E-state index in [-0.39, 0.29) is 0 Å². The number of aromatic nitrogens is 3. The lowest BCUT2D eigenvalue weighted by atomic mass is 10.2. The van der Waals surface area contributed by atoms with Crippen LogP contribution in [0.25, 0.3) is 0 Å². The van der Waals surface area contributed by atoms with Crippen LogP contribution in [0.15, 0.2) is 5.16 Å². The molecule has 1 unspecified atom stereocenters. The van der Waals surface area contributed by atoms with E-state index in [9.17, 15) is 0 Å². The molecular formula is C13H22N4S. The zero-order valence-electron chi connectivity index (χ0n) is 11.2. The fourth-order valence-corrected chi connectivity index (χ4v) is 3.34. The molecule has 0 aliphatic heterocycles. The summed E-state index contributed by atoms with van der Waals surface area (Å²) in [6.07, 6.45) is 5.26. The predicted octanol–water partition coefficient (Wildman–Crippen LogP) is 2.44. The van der Waals surface area contributed by atoms with Crippen LogP contribution in [0.4, 0.5) is 0 Å². The van der Waals surface area contributed by atoms with Gasteiger partial charge in [0.1, 0.15) is 5.82 Å². The molecule has 1 aromatic heterocycles. The molecule has 3 rings (SSSR count). The zero-order valence-corrected chi connectivity index (χ0v) is 12.0. The molecule has 1 atom stereocenters. The van der Waals surface area contributed by atoms with Crippen molar-refractivity contribution in [1.29, 1.82) is 0 Å². The predicted molar refractivity (Wildman–Crippen MR) is 74.1 cm³/mol. The van der Waals surface area contributed by atoms with E-state index >= 15 is 0 Å². The minimum atomic E-state index is 0.675. The normalized spacial score (nSPS) is 21.2. The molecule has 18 heavy (non-hydrogen) atoms. The van der Waals surface area contributed by atoms with Crippen molar-refractivity contribution in [3.05, 3.63) is 5.82 Å². The Morgan fingerprint density at radius 1 is 1.33 bits per heavy atom. The van der Waals surface area contributed by atoms with Crippen molar-refractivity contribution in [2.24, 2.45) is 5.92 Å². The summed E-state index contributed by atoms with van der Waals surface area (Å²) in [6.45, 7) is 3.35. The highest BCUT2D eigenvalue weighted by Gasteiger charge is 2.36. The number of nitrogens with zero attached hydrogens (tertiary/aromatic N) is 3. The molecule has 5 heteroatoms. The molecule has 0 bridgehead atoms. The van der Waals surface area contributed by atoms with Gasteiger partial charge < -0.3 is 9.88 Å². The lowest BCUT2D eigenvalue weighted by Crippen LogP contribution is -2.18. The van der Waals surface area contributed by atoms with E-state index < -0.39 is 0 Å². The van der Waals surface area contributed by atoms with E-state index in [4.69, 9.17) is 0 Å². The smallest absolute Gasteiger partial charge is 0.191 e. The highest BCUT2D eigenvalue weighted by molar-refractivity contribution is 7.99. The van der Waals surface area contributed by atoms with Crippen LogP contribution in [0, 0.1) is 5.92 Å². The number of hydrogen-bond donors (Lipinski definition) is 1. The van der Waals surface area contributed by atoms with Crippen molar-refractivity contribution >= 4 is 11.8 Å². The van der Waals surface area contributed by atoms with E-state index in [1.807, 2.05) is 18.8 Å². The third-order valence-electron chi connectivity index (χ3n) is 3.59. The van der Waals surface area contributed by atoms with Crippen molar-refractivity contribution in [3.8, 4) is 0 Å². The van der Waals surface area contributed by atoms with Crippen molar-refractivity contribution in [1.82, 2.24) is 20.1 Å². The maximum Gasteiger partial charge on any atom is 0.191 e. The Bertz CT molecular complexity index is 409. The number of nitrogens with one attached hydrogen (secondary N) is 1. The van der Waals surface area contributed by atoms with Gasteiger partial charge in [0.2, 0.25) is 0 Å². The van der Waals surface area contributed by atoms with Gasteiger partial charge in [-0.3, -0.25) is 0 Å². The van der Waals surface area contributed by atoms with Gasteiger partial charge in [0, 0.05) is 17.7 Å². The number of thioether (sulfide) groups is 1. The molecule has 2 saturated carbocycles. The molecule has 0 spiro atoms. The Hall–Kier alpha value is -0.550. The molecule has 2 aliphatic carbocycles. The largest absolute Gasteiger partial charge is 0.319 e. The molecule has 0 aromatic carbocycles. The molecule has 4 nitrogen and oxygen atoms in total. The molecule has 0 radical (unpaired) electrons. The Morgan fingerprint density at radius 3 is 2.72 bits per heavy atom. The number of hydrogen-bond acceptors (Lipinski definition) is 4. The zero-order chi connectivity index (χ0) is 12.5. The molecule has 1 N–H and O–H groups in total. The van der Waals surface area contributed by atoms with Gasteiger partial charge in [-0.2, -0.15) is 0 Å². The minimum absolute atomic E-state index is 0.675. The second kappa shape index (κ2) is 5.21. The highest BCUT2D eigenvalue weighted by atomic mass is 32.2. The van der Waals surface area contributed by atoms with Crippen molar-refractivity contribution in [3.63, 3.8) is 0 Å². The second-order valence-electron chi connectivity index (χ2n) is 5.69. The van der Waals surface area contributed by atoms with Gasteiger partial charge >= 0.3 is 0 Å². The SMILES string of the molecule is CNCC(C)CSc1nnc(C2CC2)n1C1CC1. The van der Waals surface area contributed by atoms with E-state index in [1.165, 1.54) is 31.5 Å². The number of rotatable bonds is 7. The first kappa shape index (κ1) is 12.5. The Balaban J connectivity index is 1.67. The topological polar surface area (TPSA) is 42.7 Å². The van der Waals surface area contributed by atoms with Gasteiger partial charge in [-0.05, 0) is 45.2 Å². The third-order valence-corrected chi connectivity index (χ3v) is 4.87. The molecule has 1 heterocycles. The molecular weight excluding hydrogens is 244 g/mol. The Morgan fingerprint density at radius 2 is 2.11 bits per heavy atom. The highest BCUT2D eigenvalue weighted by Crippen LogP contribution is 2.46. The van der Waals surface area contributed by atoms with Crippen LogP contribution >= 0.6 is 11.8 Å². The fourth-order valence-electron chi connectivity index (χ4n) is 2.31. The van der Waals surface area contributed by atoms with Crippen LogP contribution in [0.3, 0.4) is 0 Å².